The minimum Gasteiger partial charge on any atom is -0.381 e. The van der Waals surface area contributed by atoms with E-state index in [-0.39, 0.29) is 0 Å². The van der Waals surface area contributed by atoms with Crippen LogP contribution >= 0.6 is 0 Å². The monoisotopic (exact) mass is 214 g/mol. The highest BCUT2D eigenvalue weighted by Crippen LogP contribution is 2.42. The number of alkyl halides is 4. The topological polar surface area (TPSA) is 20.2 Å². The molecule has 1 nitrogen and oxygen atoms in total. The molecule has 1 N–H and O–H groups in total. The Morgan fingerprint density at radius 2 is 1.57 bits per heavy atom. The molecule has 0 heterocycles. The molecule has 1 saturated carbocycles. The molecule has 0 saturated heterocycles. The molecule has 0 aromatic heterocycles. The van der Waals surface area contributed by atoms with Gasteiger partial charge >= 0.3 is 6.18 Å². The summed E-state index contributed by atoms with van der Waals surface area (Å²) in [5.74, 6) is -0.667. The van der Waals surface area contributed by atoms with Gasteiger partial charge in [0.1, 0.15) is 5.67 Å². The smallest absolute Gasteiger partial charge is 0.381 e. The first kappa shape index (κ1) is 11.8. The van der Waals surface area contributed by atoms with E-state index in [0.717, 1.165) is 19.8 Å². The summed E-state index contributed by atoms with van der Waals surface area (Å²) in [7, 11) is 0. The Bertz CT molecular complexity index is 193. The van der Waals surface area contributed by atoms with Crippen LogP contribution in [0.2, 0.25) is 0 Å². The molecule has 0 aromatic rings. The fraction of sp³-hybridized carbons (Fsp3) is 1.00. The first-order chi connectivity index (χ1) is 6.26. The summed E-state index contributed by atoms with van der Waals surface area (Å²) in [6, 6.07) is 0. The van der Waals surface area contributed by atoms with Crippen LogP contribution in [0.25, 0.3) is 0 Å². The van der Waals surface area contributed by atoms with Crippen molar-refractivity contribution in [2.24, 2.45) is 5.92 Å². The van der Waals surface area contributed by atoms with Crippen molar-refractivity contribution >= 4 is 0 Å². The third-order valence-corrected chi connectivity index (χ3v) is 3.00. The summed E-state index contributed by atoms with van der Waals surface area (Å²) in [5.41, 5.74) is -2.55. The fourth-order valence-corrected chi connectivity index (χ4v) is 2.03. The van der Waals surface area contributed by atoms with E-state index < -0.39 is 23.9 Å². The van der Waals surface area contributed by atoms with Gasteiger partial charge in [0, 0.05) is 0 Å². The lowest BCUT2D eigenvalue weighted by Crippen LogP contribution is -2.49. The van der Waals surface area contributed by atoms with Gasteiger partial charge in [-0.25, -0.2) is 4.39 Å². The average molecular weight is 214 g/mol. The van der Waals surface area contributed by atoms with Gasteiger partial charge in [0.25, 0.3) is 0 Å². The zero-order chi connectivity index (χ0) is 11.0. The summed E-state index contributed by atoms with van der Waals surface area (Å²) in [4.78, 5) is 0. The third-order valence-electron chi connectivity index (χ3n) is 3.00. The van der Waals surface area contributed by atoms with Gasteiger partial charge in [-0.05, 0) is 25.7 Å². The van der Waals surface area contributed by atoms with Crippen molar-refractivity contribution in [3.63, 3.8) is 0 Å². The third kappa shape index (κ3) is 2.19. The fourth-order valence-electron chi connectivity index (χ4n) is 2.03. The Morgan fingerprint density at radius 1 is 1.14 bits per heavy atom. The Hall–Kier alpha value is -0.320. The molecule has 0 spiro atoms. The van der Waals surface area contributed by atoms with E-state index >= 15 is 0 Å². The van der Waals surface area contributed by atoms with Gasteiger partial charge in [0.2, 0.25) is 0 Å². The minimum absolute atomic E-state index is 0.431. The van der Waals surface area contributed by atoms with Crippen LogP contribution in [-0.4, -0.2) is 23.1 Å². The van der Waals surface area contributed by atoms with Crippen molar-refractivity contribution < 1.29 is 22.7 Å². The molecular formula is C9H14F4O. The van der Waals surface area contributed by atoms with Crippen molar-refractivity contribution in [2.45, 2.75) is 50.6 Å². The van der Waals surface area contributed by atoms with Gasteiger partial charge in [0.15, 0.2) is 6.10 Å². The second kappa shape index (κ2) is 3.68. The predicted molar refractivity (Wildman–Crippen MR) is 43.5 cm³/mol. The lowest BCUT2D eigenvalue weighted by molar-refractivity contribution is -0.247. The van der Waals surface area contributed by atoms with E-state index in [2.05, 4.69) is 0 Å². The summed E-state index contributed by atoms with van der Waals surface area (Å²) >= 11 is 0. The van der Waals surface area contributed by atoms with E-state index in [4.69, 9.17) is 5.11 Å². The predicted octanol–water partition coefficient (Wildman–Crippen LogP) is 2.83. The number of rotatable bonds is 2. The quantitative estimate of drug-likeness (QED) is 0.701. The van der Waals surface area contributed by atoms with Crippen LogP contribution in [0.5, 0.6) is 0 Å². The van der Waals surface area contributed by atoms with Crippen LogP contribution in [0.3, 0.4) is 0 Å². The van der Waals surface area contributed by atoms with Crippen LogP contribution in [0, 0.1) is 5.92 Å². The maximum atomic E-state index is 13.7. The molecule has 0 bridgehead atoms. The molecule has 1 rings (SSSR count). The van der Waals surface area contributed by atoms with Crippen molar-refractivity contribution in [3.8, 4) is 0 Å². The molecule has 14 heavy (non-hydrogen) atoms. The lowest BCUT2D eigenvalue weighted by Gasteiger charge is -2.33. The highest BCUT2D eigenvalue weighted by atomic mass is 19.4. The van der Waals surface area contributed by atoms with Crippen molar-refractivity contribution in [2.75, 3.05) is 0 Å². The Kier molecular flexibility index (Phi) is 3.09. The molecule has 2 atom stereocenters. The molecule has 1 fully saturated rings. The summed E-state index contributed by atoms with van der Waals surface area (Å²) in [6.07, 6.45) is -5.38. The first-order valence-electron chi connectivity index (χ1n) is 4.70. The van der Waals surface area contributed by atoms with Crippen molar-refractivity contribution in [1.82, 2.24) is 0 Å². The zero-order valence-electron chi connectivity index (χ0n) is 7.94. The second-order valence-corrected chi connectivity index (χ2v) is 4.08. The van der Waals surface area contributed by atoms with Crippen molar-refractivity contribution in [3.05, 3.63) is 0 Å². The van der Waals surface area contributed by atoms with Gasteiger partial charge in [-0.2, -0.15) is 13.2 Å². The molecule has 0 amide bonds. The molecule has 0 radical (unpaired) electrons. The largest absolute Gasteiger partial charge is 0.417 e. The summed E-state index contributed by atoms with van der Waals surface area (Å²) in [6.45, 7) is 0.848. The number of hydrogen-bond acceptors (Lipinski definition) is 1. The van der Waals surface area contributed by atoms with Gasteiger partial charge in [-0.1, -0.05) is 12.8 Å². The van der Waals surface area contributed by atoms with Gasteiger partial charge in [-0.15, -0.1) is 0 Å². The summed E-state index contributed by atoms with van der Waals surface area (Å²) < 4.78 is 50.0. The van der Waals surface area contributed by atoms with Gasteiger partial charge in [-0.3, -0.25) is 0 Å². The maximum absolute atomic E-state index is 13.7. The minimum atomic E-state index is -4.87. The van der Waals surface area contributed by atoms with Crippen LogP contribution < -0.4 is 0 Å². The van der Waals surface area contributed by atoms with E-state index in [0.29, 0.717) is 12.8 Å². The lowest BCUT2D eigenvalue weighted by atomic mass is 9.84. The second-order valence-electron chi connectivity index (χ2n) is 4.08. The number of hydrogen-bond donors (Lipinski definition) is 1. The first-order valence-corrected chi connectivity index (χ1v) is 4.70. The van der Waals surface area contributed by atoms with E-state index in [1.165, 1.54) is 0 Å². The maximum Gasteiger partial charge on any atom is 0.417 e. The number of aliphatic hydroxyl groups is 1. The Balaban J connectivity index is 2.72. The summed E-state index contributed by atoms with van der Waals surface area (Å²) in [5, 5.41) is 8.87. The zero-order valence-corrected chi connectivity index (χ0v) is 7.94. The van der Waals surface area contributed by atoms with Crippen LogP contribution in [-0.2, 0) is 0 Å². The van der Waals surface area contributed by atoms with Gasteiger partial charge in [0.05, 0.1) is 0 Å². The average Bonchev–Trinajstić information content (AvgIpc) is 2.53. The van der Waals surface area contributed by atoms with E-state index in [9.17, 15) is 17.6 Å². The Labute approximate surface area is 80.1 Å². The number of halogens is 4. The van der Waals surface area contributed by atoms with Crippen LogP contribution in [0.15, 0.2) is 0 Å². The standard InChI is InChI=1S/C9H14F4O/c1-8(10,6-4-2-3-5-6)7(14)9(11,12)13/h6-7,14H,2-5H2,1H3. The molecule has 1 aliphatic rings. The van der Waals surface area contributed by atoms with Crippen molar-refractivity contribution in [1.29, 1.82) is 0 Å². The van der Waals surface area contributed by atoms with Crippen LogP contribution in [0.1, 0.15) is 32.6 Å². The molecule has 0 aliphatic heterocycles. The normalized spacial score (nSPS) is 26.1. The molecule has 84 valence electrons. The molecule has 2 unspecified atom stereocenters. The van der Waals surface area contributed by atoms with Crippen LogP contribution in [0.4, 0.5) is 17.6 Å². The molecule has 1 aliphatic carbocycles. The highest BCUT2D eigenvalue weighted by Gasteiger charge is 2.54. The van der Waals surface area contributed by atoms with E-state index in [1.807, 2.05) is 0 Å². The number of aliphatic hydroxyl groups excluding tert-OH is 1. The molecule has 0 aromatic carbocycles. The highest BCUT2D eigenvalue weighted by molar-refractivity contribution is 4.94. The van der Waals surface area contributed by atoms with Gasteiger partial charge < -0.3 is 5.11 Å². The Morgan fingerprint density at radius 3 is 1.93 bits per heavy atom. The van der Waals surface area contributed by atoms with E-state index in [1.54, 1.807) is 0 Å². The molecular weight excluding hydrogens is 200 g/mol. The molecule has 5 heteroatoms. The SMILES string of the molecule is CC(F)(C1CCCC1)C(O)C(F)(F)F.